The van der Waals surface area contributed by atoms with E-state index in [-0.39, 0.29) is 0 Å². The van der Waals surface area contributed by atoms with Crippen molar-refractivity contribution in [3.05, 3.63) is 6.07 Å². The molecule has 72 valence electrons. The van der Waals surface area contributed by atoms with Gasteiger partial charge in [-0.1, -0.05) is 0 Å². The molecule has 5 heteroatoms. The molecule has 1 N–H and O–H groups in total. The van der Waals surface area contributed by atoms with Crippen LogP contribution in [0, 0.1) is 0 Å². The van der Waals surface area contributed by atoms with Crippen LogP contribution in [0.1, 0.15) is 6.92 Å². The van der Waals surface area contributed by atoms with Gasteiger partial charge in [0.05, 0.1) is 20.3 Å². The van der Waals surface area contributed by atoms with Crippen LogP contribution in [0.4, 0.5) is 5.95 Å². The van der Waals surface area contributed by atoms with Crippen molar-refractivity contribution in [2.45, 2.75) is 6.92 Å². The largest absolute Gasteiger partial charge is 0.481 e. The molecule has 5 nitrogen and oxygen atoms in total. The van der Waals surface area contributed by atoms with E-state index in [9.17, 15) is 0 Å². The molecular formula is C8H13N3O2. The third-order valence-electron chi connectivity index (χ3n) is 1.43. The van der Waals surface area contributed by atoms with Crippen LogP contribution in [-0.2, 0) is 0 Å². The van der Waals surface area contributed by atoms with Gasteiger partial charge in [-0.3, -0.25) is 0 Å². The Balaban J connectivity index is 2.93. The van der Waals surface area contributed by atoms with E-state index < -0.39 is 0 Å². The minimum Gasteiger partial charge on any atom is -0.481 e. The molecule has 1 heterocycles. The number of ether oxygens (including phenoxy) is 2. The molecular weight excluding hydrogens is 170 g/mol. The highest BCUT2D eigenvalue weighted by atomic mass is 16.5. The van der Waals surface area contributed by atoms with Gasteiger partial charge in [0.2, 0.25) is 17.7 Å². The number of hydrogen-bond acceptors (Lipinski definition) is 5. The highest BCUT2D eigenvalue weighted by Gasteiger charge is 2.03. The van der Waals surface area contributed by atoms with Crippen LogP contribution < -0.4 is 14.8 Å². The predicted octanol–water partition coefficient (Wildman–Crippen LogP) is 0.926. The lowest BCUT2D eigenvalue weighted by atomic mass is 10.6. The SMILES string of the molecule is CCNc1nc(OC)cc(OC)n1. The third kappa shape index (κ3) is 2.47. The Kier molecular flexibility index (Phi) is 3.31. The Morgan fingerprint density at radius 2 is 1.77 bits per heavy atom. The molecule has 1 aromatic heterocycles. The summed E-state index contributed by atoms with van der Waals surface area (Å²) in [4.78, 5) is 8.13. The van der Waals surface area contributed by atoms with E-state index in [0.717, 1.165) is 6.54 Å². The van der Waals surface area contributed by atoms with Gasteiger partial charge in [0.1, 0.15) is 0 Å². The third-order valence-corrected chi connectivity index (χ3v) is 1.43. The van der Waals surface area contributed by atoms with E-state index in [4.69, 9.17) is 9.47 Å². The predicted molar refractivity (Wildman–Crippen MR) is 49.3 cm³/mol. The molecule has 0 spiro atoms. The summed E-state index contributed by atoms with van der Waals surface area (Å²) in [6.07, 6.45) is 0. The number of nitrogens with one attached hydrogen (secondary N) is 1. The zero-order valence-electron chi connectivity index (χ0n) is 8.00. The molecule has 0 saturated heterocycles. The lowest BCUT2D eigenvalue weighted by molar-refractivity contribution is 0.373. The normalized spacial score (nSPS) is 9.46. The zero-order valence-corrected chi connectivity index (χ0v) is 8.00. The quantitative estimate of drug-likeness (QED) is 0.752. The van der Waals surface area contributed by atoms with Crippen molar-refractivity contribution in [1.29, 1.82) is 0 Å². The van der Waals surface area contributed by atoms with E-state index >= 15 is 0 Å². The molecule has 13 heavy (non-hydrogen) atoms. The summed E-state index contributed by atoms with van der Waals surface area (Å²) in [5, 5.41) is 2.97. The van der Waals surface area contributed by atoms with Gasteiger partial charge in [-0.25, -0.2) is 0 Å². The maximum atomic E-state index is 4.97. The Morgan fingerprint density at radius 3 is 2.15 bits per heavy atom. The average molecular weight is 183 g/mol. The molecule has 0 amide bonds. The van der Waals surface area contributed by atoms with E-state index in [0.29, 0.717) is 17.7 Å². The molecule has 0 aliphatic rings. The molecule has 0 fully saturated rings. The average Bonchev–Trinajstić information content (AvgIpc) is 2.17. The van der Waals surface area contributed by atoms with Crippen LogP contribution >= 0.6 is 0 Å². The molecule has 0 atom stereocenters. The van der Waals surface area contributed by atoms with Crippen molar-refractivity contribution in [2.75, 3.05) is 26.1 Å². The monoisotopic (exact) mass is 183 g/mol. The van der Waals surface area contributed by atoms with Gasteiger partial charge < -0.3 is 14.8 Å². The van der Waals surface area contributed by atoms with Crippen LogP contribution in [0.15, 0.2) is 6.07 Å². The number of hydrogen-bond donors (Lipinski definition) is 1. The van der Waals surface area contributed by atoms with Crippen LogP contribution in [0.3, 0.4) is 0 Å². The van der Waals surface area contributed by atoms with E-state index in [1.54, 1.807) is 20.3 Å². The first-order chi connectivity index (χ1) is 6.30. The fourth-order valence-corrected chi connectivity index (χ4v) is 0.850. The second kappa shape index (κ2) is 4.49. The summed E-state index contributed by atoms with van der Waals surface area (Å²) in [6.45, 7) is 2.73. The smallest absolute Gasteiger partial charge is 0.229 e. The van der Waals surface area contributed by atoms with E-state index in [1.165, 1.54) is 0 Å². The summed E-state index contributed by atoms with van der Waals surface area (Å²) in [6, 6.07) is 1.63. The minimum absolute atomic E-state index is 0.489. The maximum absolute atomic E-state index is 4.97. The second-order valence-electron chi connectivity index (χ2n) is 2.31. The maximum Gasteiger partial charge on any atom is 0.229 e. The first kappa shape index (κ1) is 9.57. The van der Waals surface area contributed by atoms with Crippen molar-refractivity contribution in [1.82, 2.24) is 9.97 Å². The molecule has 1 aromatic rings. The van der Waals surface area contributed by atoms with Gasteiger partial charge in [0, 0.05) is 6.54 Å². The van der Waals surface area contributed by atoms with Gasteiger partial charge in [-0.2, -0.15) is 9.97 Å². The standard InChI is InChI=1S/C8H13N3O2/c1-4-9-8-10-6(12-2)5-7(11-8)13-3/h5H,4H2,1-3H3,(H,9,10,11). The molecule has 0 bridgehead atoms. The first-order valence-corrected chi connectivity index (χ1v) is 4.01. The summed E-state index contributed by atoms with van der Waals surface area (Å²) >= 11 is 0. The van der Waals surface area contributed by atoms with Crippen molar-refractivity contribution in [3.8, 4) is 11.8 Å². The van der Waals surface area contributed by atoms with Gasteiger partial charge in [0.15, 0.2) is 0 Å². The topological polar surface area (TPSA) is 56.3 Å². The fraction of sp³-hybridized carbons (Fsp3) is 0.500. The van der Waals surface area contributed by atoms with E-state index in [2.05, 4.69) is 15.3 Å². The van der Waals surface area contributed by atoms with Crippen molar-refractivity contribution in [3.63, 3.8) is 0 Å². The van der Waals surface area contributed by atoms with Gasteiger partial charge in [-0.05, 0) is 6.92 Å². The molecule has 1 rings (SSSR count). The van der Waals surface area contributed by atoms with Crippen LogP contribution in [-0.4, -0.2) is 30.7 Å². The molecule has 0 saturated carbocycles. The van der Waals surface area contributed by atoms with Crippen LogP contribution in [0.2, 0.25) is 0 Å². The Hall–Kier alpha value is -1.52. The highest BCUT2D eigenvalue weighted by Crippen LogP contribution is 2.16. The lowest BCUT2D eigenvalue weighted by Crippen LogP contribution is -2.04. The first-order valence-electron chi connectivity index (χ1n) is 4.01. The van der Waals surface area contributed by atoms with Crippen molar-refractivity contribution < 1.29 is 9.47 Å². The molecule has 0 unspecified atom stereocenters. The Bertz CT molecular complexity index is 256. The molecule has 0 aliphatic heterocycles. The summed E-state index contributed by atoms with van der Waals surface area (Å²) in [7, 11) is 3.11. The van der Waals surface area contributed by atoms with Gasteiger partial charge in [-0.15, -0.1) is 0 Å². The number of methoxy groups -OCH3 is 2. The molecule has 0 radical (unpaired) electrons. The number of nitrogens with zero attached hydrogens (tertiary/aromatic N) is 2. The summed E-state index contributed by atoms with van der Waals surface area (Å²) < 4.78 is 9.95. The minimum atomic E-state index is 0.489. The highest BCUT2D eigenvalue weighted by molar-refractivity contribution is 5.33. The fourth-order valence-electron chi connectivity index (χ4n) is 0.850. The van der Waals surface area contributed by atoms with Crippen molar-refractivity contribution >= 4 is 5.95 Å². The van der Waals surface area contributed by atoms with Gasteiger partial charge >= 0.3 is 0 Å². The number of aromatic nitrogens is 2. The summed E-state index contributed by atoms with van der Waals surface area (Å²) in [5.41, 5.74) is 0. The van der Waals surface area contributed by atoms with Crippen LogP contribution in [0.25, 0.3) is 0 Å². The van der Waals surface area contributed by atoms with Crippen molar-refractivity contribution in [2.24, 2.45) is 0 Å². The number of rotatable bonds is 4. The van der Waals surface area contributed by atoms with E-state index in [1.807, 2.05) is 6.92 Å². The summed E-state index contributed by atoms with van der Waals surface area (Å²) in [5.74, 6) is 1.49. The van der Waals surface area contributed by atoms with Crippen LogP contribution in [0.5, 0.6) is 11.8 Å². The molecule has 0 aromatic carbocycles. The van der Waals surface area contributed by atoms with Gasteiger partial charge in [0.25, 0.3) is 0 Å². The Labute approximate surface area is 77.1 Å². The zero-order chi connectivity index (χ0) is 9.68. The Morgan fingerprint density at radius 1 is 1.23 bits per heavy atom. The second-order valence-corrected chi connectivity index (χ2v) is 2.31. The molecule has 0 aliphatic carbocycles. The number of anilines is 1. The lowest BCUT2D eigenvalue weighted by Gasteiger charge is -2.06.